The maximum absolute atomic E-state index is 13.3. The van der Waals surface area contributed by atoms with Crippen LogP contribution in [0.4, 0.5) is 4.39 Å². The van der Waals surface area contributed by atoms with E-state index >= 15 is 0 Å². The van der Waals surface area contributed by atoms with Crippen LogP contribution in [0.15, 0.2) is 59.7 Å². The van der Waals surface area contributed by atoms with Crippen LogP contribution in [0.3, 0.4) is 0 Å². The molecule has 30 heavy (non-hydrogen) atoms. The number of hydrogen-bond donors (Lipinski definition) is 1. The summed E-state index contributed by atoms with van der Waals surface area (Å²) in [6.45, 7) is 3.84. The van der Waals surface area contributed by atoms with Crippen molar-refractivity contribution in [2.24, 2.45) is 5.10 Å². The fourth-order valence-electron chi connectivity index (χ4n) is 2.91. The molecule has 0 atom stereocenters. The Morgan fingerprint density at radius 3 is 2.60 bits per heavy atom. The molecule has 1 N–H and O–H groups in total. The van der Waals surface area contributed by atoms with Gasteiger partial charge >= 0.3 is 0 Å². The van der Waals surface area contributed by atoms with Crippen LogP contribution in [-0.4, -0.2) is 30.9 Å². The first-order valence-corrected chi connectivity index (χ1v) is 9.76. The summed E-state index contributed by atoms with van der Waals surface area (Å²) in [6.07, 6.45) is 2.32. The summed E-state index contributed by atoms with van der Waals surface area (Å²) >= 11 is 5.26. The van der Waals surface area contributed by atoms with Gasteiger partial charge in [-0.15, -0.1) is 0 Å². The highest BCUT2D eigenvalue weighted by atomic mass is 32.1. The lowest BCUT2D eigenvalue weighted by Crippen LogP contribution is -2.01. The second-order valence-electron chi connectivity index (χ2n) is 6.46. The number of hydrogen-bond acceptors (Lipinski definition) is 5. The molecule has 0 aliphatic heterocycles. The molecule has 2 aromatic carbocycles. The zero-order valence-electron chi connectivity index (χ0n) is 16.4. The molecule has 0 aliphatic rings. The van der Waals surface area contributed by atoms with Gasteiger partial charge in [0.2, 0.25) is 10.7 Å². The predicted molar refractivity (Wildman–Crippen MR) is 115 cm³/mol. The van der Waals surface area contributed by atoms with Crippen molar-refractivity contribution in [3.63, 3.8) is 0 Å². The summed E-state index contributed by atoms with van der Waals surface area (Å²) in [7, 11) is 0. The van der Waals surface area contributed by atoms with E-state index in [4.69, 9.17) is 17.0 Å². The van der Waals surface area contributed by atoms with Gasteiger partial charge < -0.3 is 4.74 Å². The minimum atomic E-state index is -0.335. The quantitative estimate of drug-likeness (QED) is 0.357. The van der Waals surface area contributed by atoms with Gasteiger partial charge in [0.25, 0.3) is 0 Å². The van der Waals surface area contributed by atoms with Gasteiger partial charge in [0.15, 0.2) is 5.82 Å². The van der Waals surface area contributed by atoms with Crippen LogP contribution in [0.2, 0.25) is 0 Å². The monoisotopic (exact) mass is 422 g/mol. The molecule has 2 heterocycles. The van der Waals surface area contributed by atoms with Gasteiger partial charge in [0.05, 0.1) is 23.2 Å². The summed E-state index contributed by atoms with van der Waals surface area (Å²) < 4.78 is 23.1. The van der Waals surface area contributed by atoms with E-state index in [1.807, 2.05) is 44.2 Å². The third-order valence-electron chi connectivity index (χ3n) is 4.43. The number of para-hydroxylation sites is 1. The molecule has 4 aromatic rings. The first-order valence-electron chi connectivity index (χ1n) is 9.36. The Hall–Kier alpha value is -3.59. The van der Waals surface area contributed by atoms with Crippen LogP contribution in [0.25, 0.3) is 5.69 Å². The van der Waals surface area contributed by atoms with Crippen LogP contribution >= 0.6 is 12.2 Å². The summed E-state index contributed by atoms with van der Waals surface area (Å²) in [4.78, 5) is 0. The lowest BCUT2D eigenvalue weighted by atomic mass is 10.2. The van der Waals surface area contributed by atoms with Gasteiger partial charge in [0.1, 0.15) is 11.6 Å². The number of nitrogens with zero attached hydrogens (tertiary/aromatic N) is 5. The number of nitrogens with one attached hydrogen (secondary N) is 1. The topological polar surface area (TPSA) is 73.0 Å². The first kappa shape index (κ1) is 19.7. The standard InChI is InChI=1S/C21H19FN6OS/c1-3-19-24-25-21(30)28(19)23-13-18-14(2)26-27(16-7-5-4-6-8-16)20(18)29-17-11-9-15(22)10-12-17/h4-13H,3H2,1-2H3,(H,25,30)/b23-13+. The average molecular weight is 422 g/mol. The SMILES string of the molecule is CCc1n[nH]c(=S)n1/N=C/c1c(C)nn(-c2ccccc2)c1Oc1ccc(F)cc1. The van der Waals surface area contributed by atoms with Gasteiger partial charge in [-0.3, -0.25) is 5.10 Å². The molecule has 4 rings (SSSR count). The van der Waals surface area contributed by atoms with E-state index in [1.165, 1.54) is 12.1 Å². The fourth-order valence-corrected chi connectivity index (χ4v) is 3.11. The Morgan fingerprint density at radius 2 is 1.90 bits per heavy atom. The van der Waals surface area contributed by atoms with Gasteiger partial charge in [-0.1, -0.05) is 25.1 Å². The number of aryl methyl sites for hydroxylation is 2. The number of halogens is 1. The van der Waals surface area contributed by atoms with E-state index in [0.717, 1.165) is 5.69 Å². The zero-order valence-corrected chi connectivity index (χ0v) is 17.2. The minimum Gasteiger partial charge on any atom is -0.438 e. The highest BCUT2D eigenvalue weighted by Gasteiger charge is 2.18. The van der Waals surface area contributed by atoms with E-state index in [9.17, 15) is 4.39 Å². The molecule has 9 heteroatoms. The number of aromatic amines is 1. The van der Waals surface area contributed by atoms with Crippen molar-refractivity contribution >= 4 is 18.4 Å². The first-order chi connectivity index (χ1) is 14.6. The number of ether oxygens (including phenoxy) is 1. The number of benzene rings is 2. The van der Waals surface area contributed by atoms with Crippen molar-refractivity contribution in [2.75, 3.05) is 0 Å². The lowest BCUT2D eigenvalue weighted by molar-refractivity contribution is 0.442. The molecule has 0 amide bonds. The van der Waals surface area contributed by atoms with E-state index in [-0.39, 0.29) is 5.82 Å². The normalized spacial score (nSPS) is 11.3. The molecule has 7 nitrogen and oxygen atoms in total. The second-order valence-corrected chi connectivity index (χ2v) is 6.85. The largest absolute Gasteiger partial charge is 0.438 e. The second kappa shape index (κ2) is 8.42. The maximum Gasteiger partial charge on any atom is 0.231 e. The highest BCUT2D eigenvalue weighted by molar-refractivity contribution is 7.71. The molecule has 0 unspecified atom stereocenters. The van der Waals surface area contributed by atoms with E-state index in [2.05, 4.69) is 20.4 Å². The molecule has 0 bridgehead atoms. The molecule has 0 saturated carbocycles. The zero-order chi connectivity index (χ0) is 21.1. The Balaban J connectivity index is 1.82. The van der Waals surface area contributed by atoms with Crippen LogP contribution < -0.4 is 4.74 Å². The van der Waals surface area contributed by atoms with Gasteiger partial charge in [-0.25, -0.2) is 4.39 Å². The van der Waals surface area contributed by atoms with Crippen molar-refractivity contribution in [2.45, 2.75) is 20.3 Å². The van der Waals surface area contributed by atoms with E-state index in [1.54, 1.807) is 27.7 Å². The Bertz CT molecular complexity index is 1240. The highest BCUT2D eigenvalue weighted by Crippen LogP contribution is 2.29. The van der Waals surface area contributed by atoms with Crippen molar-refractivity contribution in [1.29, 1.82) is 0 Å². The molecule has 0 fully saturated rings. The molecule has 152 valence electrons. The van der Waals surface area contributed by atoms with Gasteiger partial charge in [-0.05, 0) is 55.5 Å². The van der Waals surface area contributed by atoms with E-state index in [0.29, 0.717) is 39.9 Å². The molecule has 2 aromatic heterocycles. The summed E-state index contributed by atoms with van der Waals surface area (Å²) in [5.74, 6) is 1.32. The number of H-pyrrole nitrogens is 1. The Labute approximate surface area is 177 Å². The summed E-state index contributed by atoms with van der Waals surface area (Å²) in [5, 5.41) is 16.0. The van der Waals surface area contributed by atoms with Crippen molar-refractivity contribution in [1.82, 2.24) is 24.7 Å². The molecule has 0 spiro atoms. The fraction of sp³-hybridized carbons (Fsp3) is 0.143. The van der Waals surface area contributed by atoms with Crippen LogP contribution in [0.5, 0.6) is 11.6 Å². The van der Waals surface area contributed by atoms with Crippen molar-refractivity contribution in [3.8, 4) is 17.3 Å². The van der Waals surface area contributed by atoms with E-state index < -0.39 is 0 Å². The van der Waals surface area contributed by atoms with Crippen LogP contribution in [0.1, 0.15) is 24.0 Å². The molecule has 0 saturated heterocycles. The van der Waals surface area contributed by atoms with Crippen LogP contribution in [0, 0.1) is 17.5 Å². The molecule has 0 radical (unpaired) electrons. The van der Waals surface area contributed by atoms with Gasteiger partial charge in [-0.2, -0.15) is 24.7 Å². The third-order valence-corrected chi connectivity index (χ3v) is 4.69. The smallest absolute Gasteiger partial charge is 0.231 e. The predicted octanol–water partition coefficient (Wildman–Crippen LogP) is 4.81. The van der Waals surface area contributed by atoms with Crippen molar-refractivity contribution < 1.29 is 9.13 Å². The summed E-state index contributed by atoms with van der Waals surface area (Å²) in [5.41, 5.74) is 2.22. The Morgan fingerprint density at radius 1 is 1.17 bits per heavy atom. The maximum atomic E-state index is 13.3. The Kier molecular flexibility index (Phi) is 5.53. The van der Waals surface area contributed by atoms with Crippen molar-refractivity contribution in [3.05, 3.63) is 82.3 Å². The molecular weight excluding hydrogens is 403 g/mol. The molecule has 0 aliphatic carbocycles. The minimum absolute atomic E-state index is 0.335. The number of aromatic nitrogens is 5. The van der Waals surface area contributed by atoms with Gasteiger partial charge in [0, 0.05) is 6.42 Å². The lowest BCUT2D eigenvalue weighted by Gasteiger charge is -2.10. The molecular formula is C21H19FN6OS. The van der Waals surface area contributed by atoms with Crippen LogP contribution in [-0.2, 0) is 6.42 Å². The average Bonchev–Trinajstić information content (AvgIpc) is 3.27. The third kappa shape index (κ3) is 3.92. The number of rotatable bonds is 6. The summed E-state index contributed by atoms with van der Waals surface area (Å²) in [6, 6.07) is 15.4.